The molecule has 0 aromatic rings. The van der Waals surface area contributed by atoms with E-state index < -0.39 is 19.4 Å². The summed E-state index contributed by atoms with van der Waals surface area (Å²) < 4.78 is 39.8. The van der Waals surface area contributed by atoms with Crippen LogP contribution in [0, 0.1) is 0 Å². The van der Waals surface area contributed by atoms with Crippen molar-refractivity contribution in [3.05, 3.63) is 0 Å². The first-order chi connectivity index (χ1) is 8.42. The zero-order valence-corrected chi connectivity index (χ0v) is 10.4. The molecule has 106 valence electrons. The van der Waals surface area contributed by atoms with E-state index in [4.69, 9.17) is 0 Å². The number of piperidine rings is 1. The van der Waals surface area contributed by atoms with E-state index in [0.29, 0.717) is 19.1 Å². The first kappa shape index (κ1) is 15.2. The number of carbonyl (C=O) groups is 1. The van der Waals surface area contributed by atoms with Crippen molar-refractivity contribution in [1.82, 2.24) is 10.2 Å². The highest BCUT2D eigenvalue weighted by Crippen LogP contribution is 2.15. The number of nitrogens with zero attached hydrogens (tertiary/aromatic N) is 1. The second-order valence-electron chi connectivity index (χ2n) is 4.32. The van der Waals surface area contributed by atoms with Gasteiger partial charge in [0.05, 0.1) is 0 Å². The van der Waals surface area contributed by atoms with Gasteiger partial charge in [-0.05, 0) is 19.4 Å². The van der Waals surface area contributed by atoms with Gasteiger partial charge in [-0.1, -0.05) is 6.92 Å². The lowest BCUT2D eigenvalue weighted by Gasteiger charge is -2.32. The summed E-state index contributed by atoms with van der Waals surface area (Å²) in [5.74, 6) is -0.366. The van der Waals surface area contributed by atoms with Crippen molar-refractivity contribution in [2.75, 3.05) is 32.8 Å². The second kappa shape index (κ2) is 6.94. The van der Waals surface area contributed by atoms with E-state index in [0.717, 1.165) is 19.4 Å². The molecule has 0 aromatic heterocycles. The van der Waals surface area contributed by atoms with E-state index in [-0.39, 0.29) is 5.91 Å². The van der Waals surface area contributed by atoms with Crippen LogP contribution in [0.3, 0.4) is 0 Å². The number of likely N-dealkylation sites (tertiary alicyclic amines) is 1. The fourth-order valence-electron chi connectivity index (χ4n) is 1.97. The van der Waals surface area contributed by atoms with Gasteiger partial charge >= 0.3 is 6.18 Å². The molecule has 0 saturated carbocycles. The molecule has 1 heterocycles. The number of nitrogens with one attached hydrogen (secondary N) is 1. The zero-order valence-electron chi connectivity index (χ0n) is 10.4. The van der Waals surface area contributed by atoms with E-state index in [1.807, 2.05) is 6.92 Å². The van der Waals surface area contributed by atoms with Crippen LogP contribution in [0.4, 0.5) is 13.2 Å². The Kier molecular flexibility index (Phi) is 5.87. The Hall–Kier alpha value is -0.820. The monoisotopic (exact) mass is 268 g/mol. The fourth-order valence-corrected chi connectivity index (χ4v) is 1.97. The number of hydrogen-bond donors (Lipinski definition) is 1. The quantitative estimate of drug-likeness (QED) is 0.813. The van der Waals surface area contributed by atoms with Crippen molar-refractivity contribution >= 4 is 5.91 Å². The van der Waals surface area contributed by atoms with Crippen LogP contribution in [0.15, 0.2) is 0 Å². The van der Waals surface area contributed by atoms with Crippen LogP contribution in [0.1, 0.15) is 19.8 Å². The summed E-state index contributed by atoms with van der Waals surface area (Å²) in [5.41, 5.74) is 0. The molecule has 0 atom stereocenters. The summed E-state index contributed by atoms with van der Waals surface area (Å²) >= 11 is 0. The van der Waals surface area contributed by atoms with Crippen LogP contribution >= 0.6 is 0 Å². The normalized spacial score (nSPS) is 18.1. The Labute approximate surface area is 104 Å². The summed E-state index contributed by atoms with van der Waals surface area (Å²) in [5, 5.41) is 3.29. The van der Waals surface area contributed by atoms with Crippen LogP contribution in [-0.2, 0) is 9.53 Å². The SMILES string of the molecule is CCNC1CCN(C(=O)COCC(F)(F)F)CC1. The van der Waals surface area contributed by atoms with Crippen molar-refractivity contribution < 1.29 is 22.7 Å². The first-order valence-corrected chi connectivity index (χ1v) is 6.08. The average molecular weight is 268 g/mol. The largest absolute Gasteiger partial charge is 0.411 e. The molecule has 0 unspecified atom stereocenters. The van der Waals surface area contributed by atoms with Gasteiger partial charge in [0.25, 0.3) is 0 Å². The molecule has 1 fully saturated rings. The van der Waals surface area contributed by atoms with E-state index in [9.17, 15) is 18.0 Å². The molecule has 7 heteroatoms. The van der Waals surface area contributed by atoms with Crippen LogP contribution in [0.25, 0.3) is 0 Å². The zero-order chi connectivity index (χ0) is 13.6. The van der Waals surface area contributed by atoms with E-state index in [1.165, 1.54) is 0 Å². The molecule has 18 heavy (non-hydrogen) atoms. The fraction of sp³-hybridized carbons (Fsp3) is 0.909. The van der Waals surface area contributed by atoms with Gasteiger partial charge < -0.3 is 15.0 Å². The van der Waals surface area contributed by atoms with Crippen molar-refractivity contribution in [2.45, 2.75) is 32.0 Å². The lowest BCUT2D eigenvalue weighted by Crippen LogP contribution is -2.46. The van der Waals surface area contributed by atoms with E-state index >= 15 is 0 Å². The van der Waals surface area contributed by atoms with Gasteiger partial charge in [-0.3, -0.25) is 4.79 Å². The molecule has 1 saturated heterocycles. The standard InChI is InChI=1S/C11H19F3N2O2/c1-2-15-9-3-5-16(6-4-9)10(17)7-18-8-11(12,13)14/h9,15H,2-8H2,1H3. The Bertz CT molecular complexity index is 264. The molecular weight excluding hydrogens is 249 g/mol. The molecule has 0 aromatic carbocycles. The number of ether oxygens (including phenoxy) is 1. The summed E-state index contributed by atoms with van der Waals surface area (Å²) in [6, 6.07) is 0.398. The van der Waals surface area contributed by atoms with Gasteiger partial charge in [0, 0.05) is 19.1 Å². The van der Waals surface area contributed by atoms with Crippen LogP contribution in [0.2, 0.25) is 0 Å². The van der Waals surface area contributed by atoms with Gasteiger partial charge in [-0.2, -0.15) is 13.2 Å². The Morgan fingerprint density at radius 2 is 2.00 bits per heavy atom. The number of hydrogen-bond acceptors (Lipinski definition) is 3. The number of halogens is 3. The Morgan fingerprint density at radius 3 is 2.50 bits per heavy atom. The lowest BCUT2D eigenvalue weighted by atomic mass is 10.1. The number of carbonyl (C=O) groups excluding carboxylic acids is 1. The van der Waals surface area contributed by atoms with E-state index in [2.05, 4.69) is 10.1 Å². The topological polar surface area (TPSA) is 41.6 Å². The maximum atomic E-state index is 11.8. The number of amides is 1. The van der Waals surface area contributed by atoms with Gasteiger partial charge in [0.2, 0.25) is 5.91 Å². The Balaban J connectivity index is 2.20. The minimum atomic E-state index is -4.38. The Morgan fingerprint density at radius 1 is 1.39 bits per heavy atom. The van der Waals surface area contributed by atoms with Crippen LogP contribution in [0.5, 0.6) is 0 Å². The molecule has 1 amide bonds. The highest BCUT2D eigenvalue weighted by atomic mass is 19.4. The van der Waals surface area contributed by atoms with Crippen molar-refractivity contribution in [1.29, 1.82) is 0 Å². The molecule has 1 N–H and O–H groups in total. The maximum Gasteiger partial charge on any atom is 0.411 e. The molecule has 0 bridgehead atoms. The van der Waals surface area contributed by atoms with Crippen molar-refractivity contribution in [3.8, 4) is 0 Å². The summed E-state index contributed by atoms with van der Waals surface area (Å²) in [6.45, 7) is 2.19. The van der Waals surface area contributed by atoms with Crippen molar-refractivity contribution in [3.63, 3.8) is 0 Å². The third-order valence-electron chi connectivity index (χ3n) is 2.83. The maximum absolute atomic E-state index is 11.8. The summed E-state index contributed by atoms with van der Waals surface area (Å²) in [4.78, 5) is 13.1. The molecule has 1 aliphatic rings. The van der Waals surface area contributed by atoms with Crippen LogP contribution < -0.4 is 5.32 Å². The van der Waals surface area contributed by atoms with Crippen molar-refractivity contribution in [2.24, 2.45) is 0 Å². The van der Waals surface area contributed by atoms with E-state index in [1.54, 1.807) is 4.90 Å². The van der Waals surface area contributed by atoms with Gasteiger partial charge in [0.15, 0.2) is 0 Å². The smallest absolute Gasteiger partial charge is 0.362 e. The predicted molar refractivity (Wildman–Crippen MR) is 60.2 cm³/mol. The molecular formula is C11H19F3N2O2. The van der Waals surface area contributed by atoms with Crippen LogP contribution in [-0.4, -0.2) is 55.9 Å². The third kappa shape index (κ3) is 5.68. The first-order valence-electron chi connectivity index (χ1n) is 6.08. The molecule has 1 rings (SSSR count). The highest BCUT2D eigenvalue weighted by Gasteiger charge is 2.29. The molecule has 1 aliphatic heterocycles. The molecule has 4 nitrogen and oxygen atoms in total. The number of alkyl halides is 3. The minimum Gasteiger partial charge on any atom is -0.362 e. The lowest BCUT2D eigenvalue weighted by molar-refractivity contribution is -0.178. The molecule has 0 radical (unpaired) electrons. The average Bonchev–Trinajstić information content (AvgIpc) is 2.28. The second-order valence-corrected chi connectivity index (χ2v) is 4.32. The molecule has 0 spiro atoms. The van der Waals surface area contributed by atoms with Gasteiger partial charge in [-0.15, -0.1) is 0 Å². The molecule has 0 aliphatic carbocycles. The predicted octanol–water partition coefficient (Wildman–Crippen LogP) is 1.17. The van der Waals surface area contributed by atoms with Gasteiger partial charge in [0.1, 0.15) is 13.2 Å². The highest BCUT2D eigenvalue weighted by molar-refractivity contribution is 5.77. The third-order valence-corrected chi connectivity index (χ3v) is 2.83. The summed E-state index contributed by atoms with van der Waals surface area (Å²) in [7, 11) is 0. The van der Waals surface area contributed by atoms with Gasteiger partial charge in [-0.25, -0.2) is 0 Å². The minimum absolute atomic E-state index is 0.366. The number of rotatable bonds is 5. The summed E-state index contributed by atoms with van der Waals surface area (Å²) in [6.07, 6.45) is -2.71.